The number of nitrogens with zero attached hydrogens (tertiary/aromatic N) is 3. The van der Waals surface area contributed by atoms with Crippen molar-refractivity contribution >= 4 is 46.9 Å². The first-order chi connectivity index (χ1) is 14.5. The van der Waals surface area contributed by atoms with Crippen molar-refractivity contribution in [1.29, 1.82) is 0 Å². The summed E-state index contributed by atoms with van der Waals surface area (Å²) < 4.78 is 36.0. The molecule has 1 aromatic heterocycles. The summed E-state index contributed by atoms with van der Waals surface area (Å²) in [6.07, 6.45) is 2.10. The molecule has 0 amide bonds. The zero-order chi connectivity index (χ0) is 21.4. The molecule has 7 nitrogen and oxygen atoms in total. The molecule has 2 atom stereocenters. The Morgan fingerprint density at radius 2 is 2.27 bits per heavy atom. The Labute approximate surface area is 184 Å². The summed E-state index contributed by atoms with van der Waals surface area (Å²) in [6, 6.07) is 1.24. The van der Waals surface area contributed by atoms with Crippen LogP contribution in [-0.2, 0) is 9.53 Å². The summed E-state index contributed by atoms with van der Waals surface area (Å²) in [5.74, 6) is -2.38. The monoisotopic (exact) mass is 471 g/mol. The van der Waals surface area contributed by atoms with Gasteiger partial charge in [0.25, 0.3) is 0 Å². The summed E-state index contributed by atoms with van der Waals surface area (Å²) in [6.45, 7) is 0.497. The van der Waals surface area contributed by atoms with Crippen molar-refractivity contribution in [3.8, 4) is 0 Å². The van der Waals surface area contributed by atoms with Gasteiger partial charge in [-0.3, -0.25) is 10.1 Å². The Kier molecular flexibility index (Phi) is 6.07. The number of esters is 1. The molecule has 2 aliphatic rings. The fraction of sp³-hybridized carbons (Fsp3) is 0.278. The molecule has 3 heterocycles. The van der Waals surface area contributed by atoms with Gasteiger partial charge in [-0.2, -0.15) is 0 Å². The Morgan fingerprint density at radius 3 is 2.93 bits per heavy atom. The third-order valence-electron chi connectivity index (χ3n) is 4.88. The predicted octanol–water partition coefficient (Wildman–Crippen LogP) is 3.19. The number of nitrogens with one attached hydrogen (secondary N) is 1. The number of hydrogen-bond acceptors (Lipinski definition) is 9. The lowest BCUT2D eigenvalue weighted by Crippen LogP contribution is -2.37. The fourth-order valence-corrected chi connectivity index (χ4v) is 4.87. The van der Waals surface area contributed by atoms with E-state index >= 15 is 0 Å². The molecule has 12 heteroatoms. The molecule has 3 N–H and O–H groups in total. The number of ether oxygens (including phenoxy) is 1. The van der Waals surface area contributed by atoms with Gasteiger partial charge in [0, 0.05) is 54.0 Å². The van der Waals surface area contributed by atoms with E-state index in [0.717, 1.165) is 18.2 Å². The van der Waals surface area contributed by atoms with E-state index in [4.69, 9.17) is 26.5 Å². The van der Waals surface area contributed by atoms with Crippen molar-refractivity contribution in [1.82, 2.24) is 14.6 Å². The van der Waals surface area contributed by atoms with Gasteiger partial charge in [0.15, 0.2) is 22.5 Å². The number of thiazole rings is 1. The highest BCUT2D eigenvalue weighted by atomic mass is 35.5. The molecule has 1 unspecified atom stereocenters. The zero-order valence-corrected chi connectivity index (χ0v) is 18.0. The summed E-state index contributed by atoms with van der Waals surface area (Å²) >= 11 is 8.48. The van der Waals surface area contributed by atoms with Gasteiger partial charge >= 0.3 is 5.97 Å². The summed E-state index contributed by atoms with van der Waals surface area (Å²) in [7, 11) is 1.25. The normalized spacial score (nSPS) is 21.0. The van der Waals surface area contributed by atoms with Gasteiger partial charge in [-0.1, -0.05) is 17.7 Å². The van der Waals surface area contributed by atoms with E-state index in [1.165, 1.54) is 24.5 Å². The number of aromatic nitrogens is 1. The summed E-state index contributed by atoms with van der Waals surface area (Å²) in [4.78, 5) is 23.7. The van der Waals surface area contributed by atoms with Crippen LogP contribution in [0.5, 0.6) is 0 Å². The second kappa shape index (κ2) is 8.60. The van der Waals surface area contributed by atoms with Gasteiger partial charge in [0.05, 0.1) is 17.7 Å². The number of aliphatic imine (C=N–C) groups is 1. The molecule has 0 spiro atoms. The lowest BCUT2D eigenvalue weighted by molar-refractivity contribution is -0.136. The van der Waals surface area contributed by atoms with Crippen LogP contribution in [0.15, 0.2) is 40.0 Å². The zero-order valence-electron chi connectivity index (χ0n) is 15.6. The Balaban J connectivity index is 1.92. The van der Waals surface area contributed by atoms with Crippen LogP contribution >= 0.6 is 35.1 Å². The third-order valence-corrected chi connectivity index (χ3v) is 6.51. The highest BCUT2D eigenvalue weighted by Crippen LogP contribution is 2.43. The van der Waals surface area contributed by atoms with Crippen LogP contribution in [-0.4, -0.2) is 41.4 Å². The topological polar surface area (TPSA) is 92.8 Å². The number of halogens is 3. The quantitative estimate of drug-likeness (QED) is 0.393. The average Bonchev–Trinajstić information content (AvgIpc) is 3.41. The molecular weight excluding hydrogens is 456 g/mol. The molecule has 1 fully saturated rings. The molecular formula is C18H16ClF2N5O2S2. The van der Waals surface area contributed by atoms with Crippen molar-refractivity contribution in [2.45, 2.75) is 18.5 Å². The number of carbonyl (C=O) groups is 1. The van der Waals surface area contributed by atoms with E-state index < -0.39 is 28.7 Å². The van der Waals surface area contributed by atoms with E-state index in [1.54, 1.807) is 11.6 Å². The maximum atomic E-state index is 14.2. The van der Waals surface area contributed by atoms with Crippen molar-refractivity contribution in [3.05, 3.63) is 62.2 Å². The summed E-state index contributed by atoms with van der Waals surface area (Å²) in [5.41, 5.74) is 1.04. The molecule has 158 valence electrons. The maximum absolute atomic E-state index is 14.2. The van der Waals surface area contributed by atoms with Crippen molar-refractivity contribution in [2.24, 2.45) is 10.1 Å². The predicted molar refractivity (Wildman–Crippen MR) is 112 cm³/mol. The lowest BCUT2D eigenvalue weighted by atomic mass is 9.94. The van der Waals surface area contributed by atoms with Gasteiger partial charge in [-0.05, 0) is 6.07 Å². The minimum Gasteiger partial charge on any atom is -0.466 e. The number of carbonyl (C=O) groups excluding carboxylic acids is 1. The van der Waals surface area contributed by atoms with Crippen molar-refractivity contribution in [3.63, 3.8) is 0 Å². The molecule has 2 aromatic rings. The van der Waals surface area contributed by atoms with Gasteiger partial charge in [-0.25, -0.2) is 23.3 Å². The molecule has 1 aromatic carbocycles. The second-order valence-electron chi connectivity index (χ2n) is 6.56. The first-order valence-corrected chi connectivity index (χ1v) is 10.9. The van der Waals surface area contributed by atoms with E-state index in [1.807, 2.05) is 4.90 Å². The molecule has 30 heavy (non-hydrogen) atoms. The molecule has 0 bridgehead atoms. The summed E-state index contributed by atoms with van der Waals surface area (Å²) in [5, 5.41) is 7.56. The van der Waals surface area contributed by atoms with E-state index in [9.17, 15) is 13.6 Å². The molecule has 2 aliphatic heterocycles. The van der Waals surface area contributed by atoms with Crippen LogP contribution in [0.25, 0.3) is 0 Å². The maximum Gasteiger partial charge on any atom is 0.338 e. The Hall–Kier alpha value is -2.05. The van der Waals surface area contributed by atoms with Gasteiger partial charge in [-0.15, -0.1) is 11.3 Å². The number of fused-ring (bicyclic) bond motifs is 1. The number of benzene rings is 1. The van der Waals surface area contributed by atoms with E-state index in [-0.39, 0.29) is 17.2 Å². The van der Waals surface area contributed by atoms with Crippen LogP contribution in [0.1, 0.15) is 23.0 Å². The molecule has 0 saturated carbocycles. The smallest absolute Gasteiger partial charge is 0.338 e. The number of hydrogen-bond donors (Lipinski definition) is 2. The molecule has 4 rings (SSSR count). The molecule has 0 radical (unpaired) electrons. The van der Waals surface area contributed by atoms with Crippen molar-refractivity contribution in [2.75, 3.05) is 13.7 Å². The van der Waals surface area contributed by atoms with Crippen LogP contribution in [0.2, 0.25) is 5.02 Å². The van der Waals surface area contributed by atoms with E-state index in [2.05, 4.69) is 9.71 Å². The molecule has 1 saturated heterocycles. The number of nitrogens with two attached hydrogens (primary N) is 1. The van der Waals surface area contributed by atoms with Gasteiger partial charge in [0.1, 0.15) is 6.04 Å². The van der Waals surface area contributed by atoms with Gasteiger partial charge < -0.3 is 9.64 Å². The third kappa shape index (κ3) is 3.60. The average molecular weight is 472 g/mol. The van der Waals surface area contributed by atoms with E-state index in [0.29, 0.717) is 29.5 Å². The standard InChI is InChI=1S/C18H16ClF2N5O2S2/c1-28-18(27)12-11-6-8(25-30-22)7-26(11)16(17-23-4-5-29-17)24-15(12)9-2-3-10(20)14(21)13(9)19/h2-5,8,15,25H,6-7,22H2,1H3/t8?,15-/m1/s1. The minimum absolute atomic E-state index is 0.0704. The van der Waals surface area contributed by atoms with Crippen molar-refractivity contribution < 1.29 is 18.3 Å². The van der Waals surface area contributed by atoms with Crippen LogP contribution in [0.4, 0.5) is 8.78 Å². The second-order valence-corrected chi connectivity index (χ2v) is 8.30. The first kappa shape index (κ1) is 21.2. The minimum atomic E-state index is -1.19. The van der Waals surface area contributed by atoms with Gasteiger partial charge in [0.2, 0.25) is 0 Å². The first-order valence-electron chi connectivity index (χ1n) is 8.77. The molecule has 0 aliphatic carbocycles. The number of rotatable bonds is 5. The Bertz CT molecular complexity index is 1050. The SMILES string of the molecule is COC(=O)C1=C2CC(NSN)CN2C(c2nccs2)=N[C@@H]1c1ccc(F)c(F)c1Cl. The number of methoxy groups -OCH3 is 1. The fourth-order valence-electron chi connectivity index (χ4n) is 3.62. The number of amidine groups is 1. The highest BCUT2D eigenvalue weighted by molar-refractivity contribution is 7.95. The highest BCUT2D eigenvalue weighted by Gasteiger charge is 2.42. The van der Waals surface area contributed by atoms with Crippen LogP contribution in [0, 0.1) is 11.6 Å². The Morgan fingerprint density at radius 1 is 1.47 bits per heavy atom. The lowest BCUT2D eigenvalue weighted by Gasteiger charge is -2.31. The van der Waals surface area contributed by atoms with Crippen LogP contribution < -0.4 is 9.86 Å². The largest absolute Gasteiger partial charge is 0.466 e. The van der Waals surface area contributed by atoms with Crippen LogP contribution in [0.3, 0.4) is 0 Å².